The lowest BCUT2D eigenvalue weighted by molar-refractivity contribution is -0.209. The van der Waals surface area contributed by atoms with Gasteiger partial charge < -0.3 is 9.84 Å². The number of aliphatic hydroxyl groups excluding tert-OH is 1. The summed E-state index contributed by atoms with van der Waals surface area (Å²) in [6.45, 7) is 9.64. The highest BCUT2D eigenvalue weighted by Crippen LogP contribution is 2.50. The van der Waals surface area contributed by atoms with Gasteiger partial charge in [-0.1, -0.05) is 22.5 Å². The molecular formula is C13H22BrNO2. The predicted octanol–water partition coefficient (Wildman–Crippen LogP) is 2.15. The smallest absolute Gasteiger partial charge is 0.0681 e. The third-order valence-electron chi connectivity index (χ3n) is 4.29. The second kappa shape index (κ2) is 5.39. The first-order chi connectivity index (χ1) is 8.08. The molecule has 1 spiro atoms. The van der Waals surface area contributed by atoms with Crippen LogP contribution in [0.4, 0.5) is 0 Å². The molecule has 0 aromatic carbocycles. The Balaban J connectivity index is 1.90. The Kier molecular flexibility index (Phi) is 4.29. The van der Waals surface area contributed by atoms with E-state index in [1.54, 1.807) is 0 Å². The number of aliphatic hydroxyl groups is 1. The molecule has 2 atom stereocenters. The van der Waals surface area contributed by atoms with Gasteiger partial charge in [0.1, 0.15) is 0 Å². The molecule has 1 saturated carbocycles. The molecule has 0 radical (unpaired) electrons. The van der Waals surface area contributed by atoms with Gasteiger partial charge in [0, 0.05) is 29.5 Å². The van der Waals surface area contributed by atoms with E-state index in [1.165, 1.54) is 0 Å². The summed E-state index contributed by atoms with van der Waals surface area (Å²) in [5.74, 6) is 0. The summed E-state index contributed by atoms with van der Waals surface area (Å²) in [6, 6.07) is 0. The van der Waals surface area contributed by atoms with Gasteiger partial charge in [0.05, 0.1) is 12.2 Å². The molecule has 1 aliphatic carbocycles. The fourth-order valence-corrected chi connectivity index (χ4v) is 3.54. The molecule has 2 rings (SSSR count). The summed E-state index contributed by atoms with van der Waals surface area (Å²) in [5.41, 5.74) is 0.0418. The summed E-state index contributed by atoms with van der Waals surface area (Å²) in [5, 5.41) is 10.1. The lowest BCUT2D eigenvalue weighted by atomic mass is 9.58. The molecule has 0 unspecified atom stereocenters. The van der Waals surface area contributed by atoms with Crippen molar-refractivity contribution < 1.29 is 9.84 Å². The molecule has 1 saturated heterocycles. The monoisotopic (exact) mass is 303 g/mol. The molecule has 2 aliphatic rings. The number of nitrogens with zero attached hydrogens (tertiary/aromatic N) is 1. The zero-order valence-corrected chi connectivity index (χ0v) is 12.1. The largest absolute Gasteiger partial charge is 0.392 e. The lowest BCUT2D eigenvalue weighted by Crippen LogP contribution is -2.62. The summed E-state index contributed by atoms with van der Waals surface area (Å²) in [6.07, 6.45) is 3.02. The zero-order valence-electron chi connectivity index (χ0n) is 10.5. The fourth-order valence-electron chi connectivity index (χ4n) is 3.19. The van der Waals surface area contributed by atoms with Crippen molar-refractivity contribution in [2.24, 2.45) is 5.41 Å². The molecule has 0 aromatic heterocycles. The second-order valence-corrected chi connectivity index (χ2v) is 6.34. The normalized spacial score (nSPS) is 32.4. The van der Waals surface area contributed by atoms with Crippen LogP contribution in [0, 0.1) is 5.41 Å². The molecule has 3 nitrogen and oxygen atoms in total. The van der Waals surface area contributed by atoms with Crippen LogP contribution in [-0.4, -0.2) is 48.5 Å². The van der Waals surface area contributed by atoms with Crippen molar-refractivity contribution in [3.8, 4) is 0 Å². The third-order valence-corrected chi connectivity index (χ3v) is 4.54. The first-order valence-corrected chi connectivity index (χ1v) is 7.23. The number of hydrogen-bond donors (Lipinski definition) is 1. The Labute approximate surface area is 112 Å². The number of likely N-dealkylation sites (tertiary alicyclic amines) is 1. The van der Waals surface area contributed by atoms with Gasteiger partial charge >= 0.3 is 0 Å². The van der Waals surface area contributed by atoms with Crippen LogP contribution >= 0.6 is 15.9 Å². The molecule has 1 heterocycles. The Bertz CT molecular complexity index is 285. The number of piperidine rings is 1. The number of rotatable bonds is 4. The van der Waals surface area contributed by atoms with Gasteiger partial charge in [0.25, 0.3) is 0 Å². The van der Waals surface area contributed by atoms with Gasteiger partial charge in [-0.2, -0.15) is 0 Å². The van der Waals surface area contributed by atoms with Crippen molar-refractivity contribution in [2.45, 2.75) is 38.4 Å². The lowest BCUT2D eigenvalue weighted by Gasteiger charge is -2.56. The van der Waals surface area contributed by atoms with Crippen molar-refractivity contribution in [3.05, 3.63) is 11.1 Å². The van der Waals surface area contributed by atoms with E-state index in [0.29, 0.717) is 0 Å². The van der Waals surface area contributed by atoms with Crippen LogP contribution in [0.5, 0.6) is 0 Å². The van der Waals surface area contributed by atoms with Crippen molar-refractivity contribution >= 4 is 15.9 Å². The highest BCUT2D eigenvalue weighted by atomic mass is 79.9. The minimum atomic E-state index is -0.159. The standard InChI is InChI=1S/C13H22BrNO2/c1-3-17-12-8-11(16)13(12)4-6-15(7-5-13)9-10(2)14/h11-12,16H,2-9H2,1H3/t11-,12-/m0/s1. The van der Waals surface area contributed by atoms with E-state index in [4.69, 9.17) is 4.74 Å². The Morgan fingerprint density at radius 2 is 2.18 bits per heavy atom. The van der Waals surface area contributed by atoms with E-state index >= 15 is 0 Å². The summed E-state index contributed by atoms with van der Waals surface area (Å²) in [7, 11) is 0. The maximum Gasteiger partial charge on any atom is 0.0681 e. The van der Waals surface area contributed by atoms with Gasteiger partial charge in [0.2, 0.25) is 0 Å². The molecule has 17 heavy (non-hydrogen) atoms. The van der Waals surface area contributed by atoms with Crippen LogP contribution in [0.25, 0.3) is 0 Å². The minimum absolute atomic E-state index is 0.0418. The Morgan fingerprint density at radius 1 is 1.53 bits per heavy atom. The van der Waals surface area contributed by atoms with Gasteiger partial charge in [0.15, 0.2) is 0 Å². The molecule has 4 heteroatoms. The van der Waals surface area contributed by atoms with E-state index in [2.05, 4.69) is 27.4 Å². The highest BCUT2D eigenvalue weighted by Gasteiger charge is 2.55. The first-order valence-electron chi connectivity index (χ1n) is 6.44. The SMILES string of the molecule is C=C(Br)CN1CCC2(CC1)[C@@H](OCC)C[C@@H]2O. The van der Waals surface area contributed by atoms with Gasteiger partial charge in [-0.05, 0) is 32.9 Å². The van der Waals surface area contributed by atoms with Crippen LogP contribution in [0.2, 0.25) is 0 Å². The van der Waals surface area contributed by atoms with Crippen LogP contribution in [-0.2, 0) is 4.74 Å². The van der Waals surface area contributed by atoms with Crippen molar-refractivity contribution in [1.29, 1.82) is 0 Å². The van der Waals surface area contributed by atoms with Crippen LogP contribution < -0.4 is 0 Å². The Hall–Kier alpha value is 0.1000. The van der Waals surface area contributed by atoms with E-state index in [1.807, 2.05) is 6.92 Å². The van der Waals surface area contributed by atoms with E-state index < -0.39 is 0 Å². The van der Waals surface area contributed by atoms with E-state index in [0.717, 1.165) is 50.0 Å². The summed E-state index contributed by atoms with van der Waals surface area (Å²) >= 11 is 3.41. The minimum Gasteiger partial charge on any atom is -0.392 e. The fraction of sp³-hybridized carbons (Fsp3) is 0.846. The molecule has 1 aliphatic heterocycles. The first kappa shape index (κ1) is 13.5. The highest BCUT2D eigenvalue weighted by molar-refractivity contribution is 9.11. The number of ether oxygens (including phenoxy) is 1. The summed E-state index contributed by atoms with van der Waals surface area (Å²) in [4.78, 5) is 2.39. The van der Waals surface area contributed by atoms with Crippen LogP contribution in [0.3, 0.4) is 0 Å². The van der Waals surface area contributed by atoms with Crippen molar-refractivity contribution in [3.63, 3.8) is 0 Å². The average Bonchev–Trinajstić information content (AvgIpc) is 2.29. The second-order valence-electron chi connectivity index (χ2n) is 5.22. The zero-order chi connectivity index (χ0) is 12.5. The topological polar surface area (TPSA) is 32.7 Å². The van der Waals surface area contributed by atoms with Crippen molar-refractivity contribution in [2.75, 3.05) is 26.2 Å². The van der Waals surface area contributed by atoms with Gasteiger partial charge in [-0.15, -0.1) is 0 Å². The quantitative estimate of drug-likeness (QED) is 0.864. The average molecular weight is 304 g/mol. The van der Waals surface area contributed by atoms with Crippen molar-refractivity contribution in [1.82, 2.24) is 4.90 Å². The number of halogens is 1. The van der Waals surface area contributed by atoms with Gasteiger partial charge in [-0.25, -0.2) is 0 Å². The molecule has 0 bridgehead atoms. The molecule has 0 aromatic rings. The van der Waals surface area contributed by atoms with Crippen LogP contribution in [0.15, 0.2) is 11.1 Å². The Morgan fingerprint density at radius 3 is 2.65 bits per heavy atom. The summed E-state index contributed by atoms with van der Waals surface area (Å²) < 4.78 is 6.78. The van der Waals surface area contributed by atoms with E-state index in [9.17, 15) is 5.11 Å². The third kappa shape index (κ3) is 2.60. The molecule has 0 amide bonds. The molecular weight excluding hydrogens is 282 g/mol. The van der Waals surface area contributed by atoms with Gasteiger partial charge in [-0.3, -0.25) is 4.90 Å². The molecule has 1 N–H and O–H groups in total. The molecule has 98 valence electrons. The molecule has 2 fully saturated rings. The maximum absolute atomic E-state index is 10.1. The number of hydrogen-bond acceptors (Lipinski definition) is 3. The van der Waals surface area contributed by atoms with Crippen LogP contribution in [0.1, 0.15) is 26.2 Å². The maximum atomic E-state index is 10.1. The van der Waals surface area contributed by atoms with E-state index in [-0.39, 0.29) is 17.6 Å². The predicted molar refractivity (Wildman–Crippen MR) is 72.2 cm³/mol.